The van der Waals surface area contributed by atoms with Gasteiger partial charge in [0.15, 0.2) is 5.78 Å². The Hall–Kier alpha value is -2.17. The monoisotopic (exact) mass is 296 g/mol. The Morgan fingerprint density at radius 1 is 1.05 bits per heavy atom. The van der Waals surface area contributed by atoms with Gasteiger partial charge in [-0.1, -0.05) is 12.1 Å². The smallest absolute Gasteiger partial charge is 0.294 e. The van der Waals surface area contributed by atoms with Crippen LogP contribution in [-0.4, -0.2) is 5.78 Å². The predicted octanol–water partition coefficient (Wildman–Crippen LogP) is 4.58. The molecule has 21 heavy (non-hydrogen) atoms. The fourth-order valence-electron chi connectivity index (χ4n) is 1.92. The number of carbonyl (C=O) groups is 1. The van der Waals surface area contributed by atoms with Crippen LogP contribution in [0.3, 0.4) is 0 Å². The van der Waals surface area contributed by atoms with Crippen LogP contribution in [0.4, 0.5) is 17.6 Å². The molecule has 0 N–H and O–H groups in total. The largest absolute Gasteiger partial charge is 0.416 e. The zero-order valence-electron chi connectivity index (χ0n) is 11.2. The number of hydrogen-bond acceptors (Lipinski definition) is 1. The van der Waals surface area contributed by atoms with Crippen LogP contribution in [0.5, 0.6) is 0 Å². The number of alkyl halides is 3. The van der Waals surface area contributed by atoms with E-state index in [1.165, 1.54) is 30.3 Å². The van der Waals surface area contributed by atoms with Gasteiger partial charge in [-0.2, -0.15) is 13.2 Å². The molecular formula is C16H12F4O. The topological polar surface area (TPSA) is 17.1 Å². The van der Waals surface area contributed by atoms with E-state index in [-0.39, 0.29) is 12.2 Å². The van der Waals surface area contributed by atoms with Crippen molar-refractivity contribution in [2.24, 2.45) is 0 Å². The summed E-state index contributed by atoms with van der Waals surface area (Å²) in [5, 5.41) is 0. The fourth-order valence-corrected chi connectivity index (χ4v) is 1.92. The van der Waals surface area contributed by atoms with Crippen molar-refractivity contribution in [3.8, 4) is 0 Å². The first kappa shape index (κ1) is 15.2. The van der Waals surface area contributed by atoms with Gasteiger partial charge in [0, 0.05) is 12.0 Å². The van der Waals surface area contributed by atoms with E-state index in [4.69, 9.17) is 0 Å². The summed E-state index contributed by atoms with van der Waals surface area (Å²) >= 11 is 0. The molecule has 0 atom stereocenters. The summed E-state index contributed by atoms with van der Waals surface area (Å²) in [7, 11) is 0. The number of carbonyl (C=O) groups excluding carboxylic acids is 1. The van der Waals surface area contributed by atoms with Crippen LogP contribution in [0, 0.1) is 12.7 Å². The van der Waals surface area contributed by atoms with Crippen molar-refractivity contribution in [3.63, 3.8) is 0 Å². The Labute approximate surface area is 119 Å². The van der Waals surface area contributed by atoms with E-state index in [0.29, 0.717) is 16.7 Å². The third-order valence-corrected chi connectivity index (χ3v) is 3.13. The SMILES string of the molecule is Cc1cc(C(=O)Cc2ccc(C(F)(F)F)cc2)ccc1F. The molecule has 0 fully saturated rings. The lowest BCUT2D eigenvalue weighted by atomic mass is 10.0. The Kier molecular flexibility index (Phi) is 4.11. The van der Waals surface area contributed by atoms with Crippen LogP contribution in [0.2, 0.25) is 0 Å². The van der Waals surface area contributed by atoms with Crippen molar-refractivity contribution in [1.82, 2.24) is 0 Å². The molecule has 0 heterocycles. The molecule has 0 aliphatic heterocycles. The number of hydrogen-bond donors (Lipinski definition) is 0. The number of benzene rings is 2. The van der Waals surface area contributed by atoms with Gasteiger partial charge < -0.3 is 0 Å². The van der Waals surface area contributed by atoms with E-state index in [9.17, 15) is 22.4 Å². The second-order valence-corrected chi connectivity index (χ2v) is 4.76. The molecule has 0 amide bonds. The number of aryl methyl sites for hydroxylation is 1. The van der Waals surface area contributed by atoms with Crippen molar-refractivity contribution >= 4 is 5.78 Å². The maximum atomic E-state index is 13.1. The summed E-state index contributed by atoms with van der Waals surface area (Å²) in [6.07, 6.45) is -4.42. The summed E-state index contributed by atoms with van der Waals surface area (Å²) in [6, 6.07) is 8.44. The summed E-state index contributed by atoms with van der Waals surface area (Å²) < 4.78 is 50.4. The molecule has 0 spiro atoms. The molecule has 5 heteroatoms. The third-order valence-electron chi connectivity index (χ3n) is 3.13. The summed E-state index contributed by atoms with van der Waals surface area (Å²) in [5.41, 5.74) is 0.424. The number of ketones is 1. The molecule has 0 aliphatic rings. The molecule has 0 saturated carbocycles. The molecule has 0 bridgehead atoms. The lowest BCUT2D eigenvalue weighted by Gasteiger charge is -2.07. The fraction of sp³-hybridized carbons (Fsp3) is 0.188. The number of halogens is 4. The highest BCUT2D eigenvalue weighted by Gasteiger charge is 2.29. The molecule has 0 saturated heterocycles. The molecule has 0 radical (unpaired) electrons. The van der Waals surface area contributed by atoms with Gasteiger partial charge in [-0.05, 0) is 48.4 Å². The number of Topliss-reactive ketones (excluding diaryl/α,β-unsaturated/α-hetero) is 1. The van der Waals surface area contributed by atoms with Crippen molar-refractivity contribution < 1.29 is 22.4 Å². The van der Waals surface area contributed by atoms with Gasteiger partial charge in [-0.3, -0.25) is 4.79 Å². The van der Waals surface area contributed by atoms with Crippen molar-refractivity contribution in [1.29, 1.82) is 0 Å². The minimum atomic E-state index is -4.39. The first-order valence-corrected chi connectivity index (χ1v) is 6.23. The van der Waals surface area contributed by atoms with Gasteiger partial charge in [0.1, 0.15) is 5.82 Å². The zero-order valence-corrected chi connectivity index (χ0v) is 11.2. The standard InChI is InChI=1S/C16H12F4O/c1-10-8-12(4-7-14(10)17)15(21)9-11-2-5-13(6-3-11)16(18,19)20/h2-8H,9H2,1H3. The Morgan fingerprint density at radius 3 is 2.19 bits per heavy atom. The quantitative estimate of drug-likeness (QED) is 0.598. The summed E-state index contributed by atoms with van der Waals surface area (Å²) in [5.74, 6) is -0.668. The lowest BCUT2D eigenvalue weighted by molar-refractivity contribution is -0.137. The van der Waals surface area contributed by atoms with Crippen molar-refractivity contribution in [2.75, 3.05) is 0 Å². The van der Waals surface area contributed by atoms with E-state index in [1.807, 2.05) is 0 Å². The average Bonchev–Trinajstić information content (AvgIpc) is 2.41. The normalized spacial score (nSPS) is 11.5. The second kappa shape index (κ2) is 5.68. The van der Waals surface area contributed by atoms with Crippen LogP contribution in [0.15, 0.2) is 42.5 Å². The minimum absolute atomic E-state index is 0.0246. The van der Waals surface area contributed by atoms with Gasteiger partial charge in [0.25, 0.3) is 0 Å². The molecule has 0 aliphatic carbocycles. The van der Waals surface area contributed by atoms with Crippen LogP contribution >= 0.6 is 0 Å². The van der Waals surface area contributed by atoms with Gasteiger partial charge >= 0.3 is 6.18 Å². The van der Waals surface area contributed by atoms with Gasteiger partial charge in [0.2, 0.25) is 0 Å². The second-order valence-electron chi connectivity index (χ2n) is 4.76. The van der Waals surface area contributed by atoms with Crippen molar-refractivity contribution in [3.05, 3.63) is 70.5 Å². The van der Waals surface area contributed by atoms with Crippen LogP contribution in [-0.2, 0) is 12.6 Å². The molecule has 110 valence electrons. The Balaban J connectivity index is 2.14. The van der Waals surface area contributed by atoms with E-state index >= 15 is 0 Å². The van der Waals surface area contributed by atoms with Crippen molar-refractivity contribution in [2.45, 2.75) is 19.5 Å². The van der Waals surface area contributed by atoms with Gasteiger partial charge in [0.05, 0.1) is 5.56 Å². The maximum Gasteiger partial charge on any atom is 0.416 e. The van der Waals surface area contributed by atoms with Crippen LogP contribution < -0.4 is 0 Å². The molecule has 2 aromatic carbocycles. The third kappa shape index (κ3) is 3.68. The van der Waals surface area contributed by atoms with E-state index in [0.717, 1.165) is 12.1 Å². The molecular weight excluding hydrogens is 284 g/mol. The lowest BCUT2D eigenvalue weighted by Crippen LogP contribution is -2.07. The zero-order chi connectivity index (χ0) is 15.6. The molecule has 1 nitrogen and oxygen atoms in total. The summed E-state index contributed by atoms with van der Waals surface area (Å²) in [4.78, 5) is 12.0. The molecule has 2 rings (SSSR count). The van der Waals surface area contributed by atoms with Crippen LogP contribution in [0.25, 0.3) is 0 Å². The van der Waals surface area contributed by atoms with Gasteiger partial charge in [-0.25, -0.2) is 4.39 Å². The maximum absolute atomic E-state index is 13.1. The van der Waals surface area contributed by atoms with Gasteiger partial charge in [-0.15, -0.1) is 0 Å². The first-order valence-electron chi connectivity index (χ1n) is 6.23. The Bertz CT molecular complexity index is 657. The van der Waals surface area contributed by atoms with E-state index < -0.39 is 17.6 Å². The number of rotatable bonds is 3. The Morgan fingerprint density at radius 2 is 1.67 bits per heavy atom. The summed E-state index contributed by atoms with van der Waals surface area (Å²) in [6.45, 7) is 1.55. The average molecular weight is 296 g/mol. The van der Waals surface area contributed by atoms with Crippen LogP contribution in [0.1, 0.15) is 27.0 Å². The molecule has 0 aromatic heterocycles. The first-order chi connectivity index (χ1) is 9.77. The van der Waals surface area contributed by atoms with E-state index in [1.54, 1.807) is 6.92 Å². The molecule has 0 unspecified atom stereocenters. The highest BCUT2D eigenvalue weighted by atomic mass is 19.4. The molecule has 2 aromatic rings. The van der Waals surface area contributed by atoms with E-state index in [2.05, 4.69) is 0 Å². The predicted molar refractivity (Wildman–Crippen MR) is 70.6 cm³/mol. The highest BCUT2D eigenvalue weighted by molar-refractivity contribution is 5.97. The minimum Gasteiger partial charge on any atom is -0.294 e. The highest BCUT2D eigenvalue weighted by Crippen LogP contribution is 2.29.